The lowest BCUT2D eigenvalue weighted by atomic mass is 10.2. The van der Waals surface area contributed by atoms with Gasteiger partial charge in [-0.25, -0.2) is 9.59 Å². The molecule has 19 heavy (non-hydrogen) atoms. The normalized spacial score (nSPS) is 11.2. The molecule has 1 rings (SSSR count). The van der Waals surface area contributed by atoms with Crippen LogP contribution in [0.1, 0.15) is 12.0 Å². The quantitative estimate of drug-likeness (QED) is 0.744. The predicted molar refractivity (Wildman–Crippen MR) is 75.9 cm³/mol. The molecule has 0 fully saturated rings. The second kappa shape index (κ2) is 6.81. The third kappa shape index (κ3) is 4.64. The highest BCUT2D eigenvalue weighted by Gasteiger charge is 2.18. The molecule has 100 valence electrons. The first-order chi connectivity index (χ1) is 8.93. The van der Waals surface area contributed by atoms with Crippen molar-refractivity contribution in [2.24, 2.45) is 0 Å². The zero-order valence-corrected chi connectivity index (χ0v) is 11.8. The number of halogens is 1. The van der Waals surface area contributed by atoms with Crippen LogP contribution < -0.4 is 10.6 Å². The fraction of sp³-hybridized carbons (Fsp3) is 0.231. The van der Waals surface area contributed by atoms with Crippen molar-refractivity contribution in [2.75, 3.05) is 5.32 Å². The van der Waals surface area contributed by atoms with Crippen molar-refractivity contribution < 1.29 is 14.7 Å². The molecule has 0 aliphatic rings. The number of aliphatic carboxylic acids is 1. The van der Waals surface area contributed by atoms with Crippen LogP contribution in [0.4, 0.5) is 10.5 Å². The van der Waals surface area contributed by atoms with Crippen LogP contribution in [-0.4, -0.2) is 23.1 Å². The summed E-state index contributed by atoms with van der Waals surface area (Å²) >= 11 is 3.34. The fourth-order valence-electron chi connectivity index (χ4n) is 1.31. The molecule has 6 heteroatoms. The number of hydrogen-bond acceptors (Lipinski definition) is 2. The van der Waals surface area contributed by atoms with Gasteiger partial charge in [0.1, 0.15) is 6.04 Å². The molecule has 1 unspecified atom stereocenters. The van der Waals surface area contributed by atoms with Gasteiger partial charge in [-0.15, -0.1) is 12.3 Å². The number of nitrogens with one attached hydrogen (secondary N) is 2. The fourth-order valence-corrected chi connectivity index (χ4v) is 1.69. The van der Waals surface area contributed by atoms with Crippen molar-refractivity contribution in [1.29, 1.82) is 0 Å². The topological polar surface area (TPSA) is 78.4 Å². The molecule has 2 amide bonds. The van der Waals surface area contributed by atoms with E-state index in [4.69, 9.17) is 11.5 Å². The first kappa shape index (κ1) is 15.1. The smallest absolute Gasteiger partial charge is 0.327 e. The highest BCUT2D eigenvalue weighted by atomic mass is 79.9. The zero-order valence-electron chi connectivity index (χ0n) is 10.2. The van der Waals surface area contributed by atoms with Crippen molar-refractivity contribution in [2.45, 2.75) is 19.4 Å². The van der Waals surface area contributed by atoms with Gasteiger partial charge in [0.25, 0.3) is 0 Å². The molecular weight excluding hydrogens is 312 g/mol. The van der Waals surface area contributed by atoms with Crippen LogP contribution in [0, 0.1) is 19.3 Å². The number of benzene rings is 1. The summed E-state index contributed by atoms with van der Waals surface area (Å²) in [5.74, 6) is 1.04. The number of anilines is 1. The Labute approximate surface area is 119 Å². The van der Waals surface area contributed by atoms with E-state index in [2.05, 4.69) is 32.5 Å². The minimum absolute atomic E-state index is 0.0691. The van der Waals surface area contributed by atoms with Crippen LogP contribution in [0.3, 0.4) is 0 Å². The second-order valence-electron chi connectivity index (χ2n) is 3.86. The van der Waals surface area contributed by atoms with E-state index in [-0.39, 0.29) is 6.42 Å². The molecule has 1 atom stereocenters. The molecule has 3 N–H and O–H groups in total. The van der Waals surface area contributed by atoms with Gasteiger partial charge in [-0.05, 0) is 24.6 Å². The van der Waals surface area contributed by atoms with Crippen molar-refractivity contribution in [3.05, 3.63) is 28.2 Å². The van der Waals surface area contributed by atoms with Crippen molar-refractivity contribution in [3.63, 3.8) is 0 Å². The Bertz CT molecular complexity index is 537. The zero-order chi connectivity index (χ0) is 14.4. The molecule has 1 aromatic carbocycles. The van der Waals surface area contributed by atoms with Crippen LogP contribution in [-0.2, 0) is 4.79 Å². The molecule has 0 saturated carbocycles. The molecule has 1 aromatic rings. The van der Waals surface area contributed by atoms with Gasteiger partial charge in [0.15, 0.2) is 0 Å². The summed E-state index contributed by atoms with van der Waals surface area (Å²) < 4.78 is 0.851. The van der Waals surface area contributed by atoms with E-state index in [0.29, 0.717) is 5.69 Å². The lowest BCUT2D eigenvalue weighted by Crippen LogP contribution is -2.42. The largest absolute Gasteiger partial charge is 0.480 e. The van der Waals surface area contributed by atoms with Gasteiger partial charge >= 0.3 is 12.0 Å². The van der Waals surface area contributed by atoms with Gasteiger partial charge in [-0.1, -0.05) is 22.0 Å². The average molecular weight is 325 g/mol. The number of hydrogen-bond donors (Lipinski definition) is 3. The Morgan fingerprint density at radius 1 is 1.53 bits per heavy atom. The van der Waals surface area contributed by atoms with E-state index in [1.54, 1.807) is 12.1 Å². The minimum Gasteiger partial charge on any atom is -0.480 e. The Balaban J connectivity index is 2.66. The molecule has 0 bridgehead atoms. The van der Waals surface area contributed by atoms with Crippen molar-refractivity contribution in [3.8, 4) is 12.3 Å². The Morgan fingerprint density at radius 3 is 2.74 bits per heavy atom. The predicted octanol–water partition coefficient (Wildman–Crippen LogP) is 2.36. The SMILES string of the molecule is C#CCC(NC(=O)Nc1ccc(C)c(Br)c1)C(=O)O. The van der Waals surface area contributed by atoms with Crippen LogP contribution in [0.15, 0.2) is 22.7 Å². The number of carboxylic acids is 1. The summed E-state index contributed by atoms with van der Waals surface area (Å²) in [5, 5.41) is 13.7. The van der Waals surface area contributed by atoms with E-state index < -0.39 is 18.0 Å². The molecule has 0 saturated heterocycles. The van der Waals surface area contributed by atoms with Gasteiger partial charge in [0, 0.05) is 16.6 Å². The maximum atomic E-state index is 11.6. The summed E-state index contributed by atoms with van der Waals surface area (Å²) in [6.45, 7) is 1.92. The van der Waals surface area contributed by atoms with Crippen molar-refractivity contribution >= 4 is 33.6 Å². The molecule has 0 aliphatic heterocycles. The van der Waals surface area contributed by atoms with E-state index in [1.165, 1.54) is 0 Å². The van der Waals surface area contributed by atoms with Gasteiger partial charge in [-0.3, -0.25) is 0 Å². The molecule has 0 spiro atoms. The maximum absolute atomic E-state index is 11.6. The van der Waals surface area contributed by atoms with Crippen LogP contribution in [0.2, 0.25) is 0 Å². The molecule has 5 nitrogen and oxygen atoms in total. The van der Waals surface area contributed by atoms with E-state index in [1.807, 2.05) is 13.0 Å². The number of urea groups is 1. The minimum atomic E-state index is -1.17. The van der Waals surface area contributed by atoms with Crippen molar-refractivity contribution in [1.82, 2.24) is 5.32 Å². The highest BCUT2D eigenvalue weighted by molar-refractivity contribution is 9.10. The number of carbonyl (C=O) groups excluding carboxylic acids is 1. The monoisotopic (exact) mass is 324 g/mol. The lowest BCUT2D eigenvalue weighted by Gasteiger charge is -2.13. The summed E-state index contributed by atoms with van der Waals surface area (Å²) in [4.78, 5) is 22.5. The standard InChI is InChI=1S/C13H13BrN2O3/c1-3-4-11(12(17)18)16-13(19)15-9-6-5-8(2)10(14)7-9/h1,5-7,11H,4H2,2H3,(H,17,18)(H2,15,16,19). The summed E-state index contributed by atoms with van der Waals surface area (Å²) in [6, 6.07) is 3.57. The number of amides is 2. The molecule has 0 aliphatic carbocycles. The van der Waals surface area contributed by atoms with Gasteiger partial charge < -0.3 is 15.7 Å². The van der Waals surface area contributed by atoms with Gasteiger partial charge in [-0.2, -0.15) is 0 Å². The van der Waals surface area contributed by atoms with E-state index >= 15 is 0 Å². The van der Waals surface area contributed by atoms with Crippen LogP contribution in [0.5, 0.6) is 0 Å². The number of terminal acetylenes is 1. The molecule has 0 aromatic heterocycles. The summed E-state index contributed by atoms with van der Waals surface area (Å²) in [5.41, 5.74) is 1.58. The average Bonchev–Trinajstić information content (AvgIpc) is 2.33. The summed E-state index contributed by atoms with van der Waals surface area (Å²) in [7, 11) is 0. The third-order valence-corrected chi connectivity index (χ3v) is 3.21. The van der Waals surface area contributed by atoms with Crippen LogP contribution >= 0.6 is 15.9 Å². The van der Waals surface area contributed by atoms with E-state index in [9.17, 15) is 9.59 Å². The first-order valence-electron chi connectivity index (χ1n) is 5.44. The second-order valence-corrected chi connectivity index (χ2v) is 4.72. The van der Waals surface area contributed by atoms with E-state index in [0.717, 1.165) is 10.0 Å². The maximum Gasteiger partial charge on any atom is 0.327 e. The molecular formula is C13H13BrN2O3. The number of aryl methyl sites for hydroxylation is 1. The highest BCUT2D eigenvalue weighted by Crippen LogP contribution is 2.20. The Morgan fingerprint density at radius 2 is 2.21 bits per heavy atom. The molecule has 0 radical (unpaired) electrons. The lowest BCUT2D eigenvalue weighted by molar-refractivity contribution is -0.139. The Hall–Kier alpha value is -2.00. The number of carboxylic acid groups (broad SMARTS) is 1. The Kier molecular flexibility index (Phi) is 5.39. The number of rotatable bonds is 4. The first-order valence-corrected chi connectivity index (χ1v) is 6.23. The summed E-state index contributed by atoms with van der Waals surface area (Å²) in [6.07, 6.45) is 4.97. The number of carbonyl (C=O) groups is 2. The van der Waals surface area contributed by atoms with Gasteiger partial charge in [0.2, 0.25) is 0 Å². The van der Waals surface area contributed by atoms with Gasteiger partial charge in [0.05, 0.1) is 0 Å². The van der Waals surface area contributed by atoms with Crippen LogP contribution in [0.25, 0.3) is 0 Å². The third-order valence-electron chi connectivity index (χ3n) is 2.36. The molecule has 0 heterocycles.